The van der Waals surface area contributed by atoms with Gasteiger partial charge in [0.05, 0.1) is 11.6 Å². The van der Waals surface area contributed by atoms with Crippen LogP contribution in [0, 0.1) is 25.2 Å². The lowest BCUT2D eigenvalue weighted by Crippen LogP contribution is -2.21. The Labute approximate surface area is 90.7 Å². The van der Waals surface area contributed by atoms with Crippen LogP contribution in [0.15, 0.2) is 12.1 Å². The minimum Gasteiger partial charge on any atom is -0.330 e. The molecule has 0 saturated heterocycles. The van der Waals surface area contributed by atoms with E-state index < -0.39 is 0 Å². The second-order valence-electron chi connectivity index (χ2n) is 4.58. The molecule has 2 N–H and O–H groups in total. The summed E-state index contributed by atoms with van der Waals surface area (Å²) in [5.74, 6) is 0. The van der Waals surface area contributed by atoms with Crippen molar-refractivity contribution in [1.29, 1.82) is 5.26 Å². The number of hydrogen-bond donors (Lipinski definition) is 1. The largest absolute Gasteiger partial charge is 0.330 e. The number of hydrogen-bond acceptors (Lipinski definition) is 2. The van der Waals surface area contributed by atoms with Gasteiger partial charge in [0.15, 0.2) is 0 Å². The number of aryl methyl sites for hydroxylation is 2. The molecule has 0 heterocycles. The van der Waals surface area contributed by atoms with Gasteiger partial charge in [0.2, 0.25) is 0 Å². The molecule has 2 heteroatoms. The molecular weight excluding hydrogens is 184 g/mol. The van der Waals surface area contributed by atoms with Crippen molar-refractivity contribution in [2.24, 2.45) is 5.73 Å². The molecule has 1 fully saturated rings. The Kier molecular flexibility index (Phi) is 2.28. The Morgan fingerprint density at radius 1 is 1.33 bits per heavy atom. The quantitative estimate of drug-likeness (QED) is 0.795. The maximum absolute atomic E-state index is 9.01. The normalized spacial score (nSPS) is 17.2. The number of benzene rings is 1. The van der Waals surface area contributed by atoms with Crippen LogP contribution in [-0.2, 0) is 5.41 Å². The van der Waals surface area contributed by atoms with E-state index in [4.69, 9.17) is 11.0 Å². The standard InChI is InChI=1S/C13H16N2/c1-9-5-10(2)12(6-11(9)7-14)13(8-15)3-4-13/h5-6H,3-4,8,15H2,1-2H3. The fraction of sp³-hybridized carbons (Fsp3) is 0.462. The van der Waals surface area contributed by atoms with Crippen LogP contribution in [0.3, 0.4) is 0 Å². The van der Waals surface area contributed by atoms with E-state index in [1.807, 2.05) is 13.0 Å². The van der Waals surface area contributed by atoms with Gasteiger partial charge in [-0.05, 0) is 49.4 Å². The van der Waals surface area contributed by atoms with Crippen molar-refractivity contribution < 1.29 is 0 Å². The van der Waals surface area contributed by atoms with E-state index in [-0.39, 0.29) is 5.41 Å². The van der Waals surface area contributed by atoms with E-state index in [0.717, 1.165) is 24.0 Å². The summed E-state index contributed by atoms with van der Waals surface area (Å²) in [7, 11) is 0. The molecule has 0 aliphatic heterocycles. The number of nitrogens with zero attached hydrogens (tertiary/aromatic N) is 1. The molecule has 78 valence electrons. The molecule has 1 saturated carbocycles. The van der Waals surface area contributed by atoms with Gasteiger partial charge in [0.1, 0.15) is 0 Å². The van der Waals surface area contributed by atoms with Gasteiger partial charge in [0.25, 0.3) is 0 Å². The first kappa shape index (κ1) is 10.2. The van der Waals surface area contributed by atoms with Gasteiger partial charge in [0, 0.05) is 12.0 Å². The molecule has 1 aromatic rings. The van der Waals surface area contributed by atoms with Crippen molar-refractivity contribution >= 4 is 0 Å². The number of nitriles is 1. The molecule has 1 aliphatic rings. The maximum Gasteiger partial charge on any atom is 0.0994 e. The third-order valence-electron chi connectivity index (χ3n) is 3.51. The summed E-state index contributed by atoms with van der Waals surface area (Å²) < 4.78 is 0. The lowest BCUT2D eigenvalue weighted by atomic mass is 9.89. The van der Waals surface area contributed by atoms with E-state index in [2.05, 4.69) is 19.1 Å². The van der Waals surface area contributed by atoms with Crippen molar-refractivity contribution in [2.45, 2.75) is 32.1 Å². The third kappa shape index (κ3) is 1.53. The molecule has 0 atom stereocenters. The van der Waals surface area contributed by atoms with Crippen molar-refractivity contribution in [1.82, 2.24) is 0 Å². The Morgan fingerprint density at radius 2 is 2.00 bits per heavy atom. The average molecular weight is 200 g/mol. The van der Waals surface area contributed by atoms with Gasteiger partial charge in [-0.1, -0.05) is 6.07 Å². The predicted molar refractivity (Wildman–Crippen MR) is 60.6 cm³/mol. The minimum atomic E-state index is 0.184. The second-order valence-corrected chi connectivity index (χ2v) is 4.58. The first-order valence-electron chi connectivity index (χ1n) is 5.35. The Bertz CT molecular complexity index is 437. The summed E-state index contributed by atoms with van der Waals surface area (Å²) in [6.45, 7) is 4.79. The summed E-state index contributed by atoms with van der Waals surface area (Å²) in [5.41, 5.74) is 10.4. The van der Waals surface area contributed by atoms with Crippen LogP contribution in [0.2, 0.25) is 0 Å². The molecule has 0 amide bonds. The summed E-state index contributed by atoms with van der Waals surface area (Å²) in [6.07, 6.45) is 2.33. The lowest BCUT2D eigenvalue weighted by molar-refractivity contribution is 0.698. The van der Waals surface area contributed by atoms with Gasteiger partial charge in [-0.15, -0.1) is 0 Å². The fourth-order valence-corrected chi connectivity index (χ4v) is 2.28. The smallest absolute Gasteiger partial charge is 0.0994 e. The SMILES string of the molecule is Cc1cc(C)c(C2(CN)CC2)cc1C#N. The number of nitrogens with two attached hydrogens (primary N) is 1. The predicted octanol–water partition coefficient (Wildman–Crippen LogP) is 2.17. The molecular formula is C13H16N2. The van der Waals surface area contributed by atoms with Crippen LogP contribution in [0.25, 0.3) is 0 Å². The van der Waals surface area contributed by atoms with Crippen LogP contribution < -0.4 is 5.73 Å². The van der Waals surface area contributed by atoms with Gasteiger partial charge in [-0.2, -0.15) is 5.26 Å². The minimum absolute atomic E-state index is 0.184. The van der Waals surface area contributed by atoms with E-state index in [1.54, 1.807) is 0 Å². The number of rotatable bonds is 2. The summed E-state index contributed by atoms with van der Waals surface area (Å²) in [5, 5.41) is 9.01. The molecule has 0 bridgehead atoms. The summed E-state index contributed by atoms with van der Waals surface area (Å²) in [4.78, 5) is 0. The molecule has 15 heavy (non-hydrogen) atoms. The molecule has 0 radical (unpaired) electrons. The average Bonchev–Trinajstić information content (AvgIpc) is 2.99. The van der Waals surface area contributed by atoms with E-state index in [1.165, 1.54) is 11.1 Å². The highest BCUT2D eigenvalue weighted by atomic mass is 14.7. The molecule has 0 spiro atoms. The highest BCUT2D eigenvalue weighted by Gasteiger charge is 2.43. The van der Waals surface area contributed by atoms with E-state index in [0.29, 0.717) is 6.54 Å². The zero-order chi connectivity index (χ0) is 11.1. The lowest BCUT2D eigenvalue weighted by Gasteiger charge is -2.17. The highest BCUT2D eigenvalue weighted by Crippen LogP contribution is 2.48. The van der Waals surface area contributed by atoms with Gasteiger partial charge >= 0.3 is 0 Å². The van der Waals surface area contributed by atoms with E-state index in [9.17, 15) is 0 Å². The first-order valence-corrected chi connectivity index (χ1v) is 5.35. The van der Waals surface area contributed by atoms with Crippen LogP contribution in [-0.4, -0.2) is 6.54 Å². The topological polar surface area (TPSA) is 49.8 Å². The summed E-state index contributed by atoms with van der Waals surface area (Å²) in [6, 6.07) is 6.38. The fourth-order valence-electron chi connectivity index (χ4n) is 2.28. The molecule has 1 aromatic carbocycles. The van der Waals surface area contributed by atoms with Gasteiger partial charge < -0.3 is 5.73 Å². The van der Waals surface area contributed by atoms with Crippen molar-refractivity contribution in [2.75, 3.05) is 6.54 Å². The summed E-state index contributed by atoms with van der Waals surface area (Å²) >= 11 is 0. The first-order chi connectivity index (χ1) is 7.13. The molecule has 0 aromatic heterocycles. The van der Waals surface area contributed by atoms with Crippen LogP contribution in [0.1, 0.15) is 35.1 Å². The Balaban J connectivity index is 2.54. The van der Waals surface area contributed by atoms with Crippen LogP contribution >= 0.6 is 0 Å². The van der Waals surface area contributed by atoms with Gasteiger partial charge in [-0.3, -0.25) is 0 Å². The zero-order valence-corrected chi connectivity index (χ0v) is 9.30. The monoisotopic (exact) mass is 200 g/mol. The molecule has 2 nitrogen and oxygen atoms in total. The molecule has 2 rings (SSSR count). The second kappa shape index (κ2) is 3.36. The van der Waals surface area contributed by atoms with Crippen molar-refractivity contribution in [3.63, 3.8) is 0 Å². The molecule has 1 aliphatic carbocycles. The van der Waals surface area contributed by atoms with Gasteiger partial charge in [-0.25, -0.2) is 0 Å². The Morgan fingerprint density at radius 3 is 2.47 bits per heavy atom. The van der Waals surface area contributed by atoms with Crippen molar-refractivity contribution in [3.05, 3.63) is 34.4 Å². The van der Waals surface area contributed by atoms with Crippen LogP contribution in [0.4, 0.5) is 0 Å². The molecule has 0 unspecified atom stereocenters. The zero-order valence-electron chi connectivity index (χ0n) is 9.30. The maximum atomic E-state index is 9.01. The van der Waals surface area contributed by atoms with Crippen molar-refractivity contribution in [3.8, 4) is 6.07 Å². The Hall–Kier alpha value is -1.33. The third-order valence-corrected chi connectivity index (χ3v) is 3.51. The van der Waals surface area contributed by atoms with Crippen LogP contribution in [0.5, 0.6) is 0 Å². The highest BCUT2D eigenvalue weighted by molar-refractivity contribution is 5.48. The van der Waals surface area contributed by atoms with E-state index >= 15 is 0 Å².